The minimum absolute atomic E-state index is 0. The normalized spacial score (nSPS) is 16.8. The molecule has 0 aliphatic carbocycles. The van der Waals surface area contributed by atoms with E-state index in [9.17, 15) is 4.79 Å². The average Bonchev–Trinajstić information content (AvgIpc) is 3.00. The molecule has 3 rings (SSSR count). The molecule has 1 fully saturated rings. The fourth-order valence-electron chi connectivity index (χ4n) is 3.06. The number of benzene rings is 1. The lowest BCUT2D eigenvalue weighted by atomic mass is 9.99. The zero-order valence-corrected chi connectivity index (χ0v) is 16.8. The average molecular weight is 396 g/mol. The van der Waals surface area contributed by atoms with Crippen LogP contribution in [-0.4, -0.2) is 39.5 Å². The number of piperidine rings is 1. The van der Waals surface area contributed by atoms with Gasteiger partial charge in [-0.25, -0.2) is 0 Å². The highest BCUT2D eigenvalue weighted by Crippen LogP contribution is 2.24. The van der Waals surface area contributed by atoms with E-state index in [0.717, 1.165) is 36.1 Å². The Morgan fingerprint density at radius 2 is 2.19 bits per heavy atom. The van der Waals surface area contributed by atoms with E-state index in [0.29, 0.717) is 18.2 Å². The summed E-state index contributed by atoms with van der Waals surface area (Å²) in [5.41, 5.74) is 2.33. The Labute approximate surface area is 164 Å². The van der Waals surface area contributed by atoms with Crippen molar-refractivity contribution in [3.8, 4) is 0 Å². The van der Waals surface area contributed by atoms with Gasteiger partial charge >= 0.3 is 0 Å². The second-order valence-electron chi connectivity index (χ2n) is 6.43. The summed E-state index contributed by atoms with van der Waals surface area (Å²) in [4.78, 5) is 12.1. The monoisotopic (exact) mass is 395 g/mol. The molecule has 1 saturated heterocycles. The highest BCUT2D eigenvalue weighted by atomic mass is 35.5. The number of nitrogens with one attached hydrogen (secondary N) is 2. The summed E-state index contributed by atoms with van der Waals surface area (Å²) in [7, 11) is 1.98. The van der Waals surface area contributed by atoms with Crippen molar-refractivity contribution in [2.75, 3.05) is 18.8 Å². The molecular weight excluding hydrogens is 370 g/mol. The first kappa shape index (κ1) is 20.7. The number of amides is 1. The van der Waals surface area contributed by atoms with E-state index in [1.165, 1.54) is 23.7 Å². The van der Waals surface area contributed by atoms with Gasteiger partial charge in [0.05, 0.1) is 5.75 Å². The van der Waals surface area contributed by atoms with Crippen LogP contribution in [-0.2, 0) is 18.4 Å². The van der Waals surface area contributed by atoms with Crippen LogP contribution >= 0.6 is 24.2 Å². The summed E-state index contributed by atoms with van der Waals surface area (Å²) >= 11 is 1.44. The van der Waals surface area contributed by atoms with Crippen LogP contribution in [0, 0.1) is 6.92 Å². The maximum atomic E-state index is 12.1. The molecule has 2 aromatic rings. The molecule has 1 amide bonds. The van der Waals surface area contributed by atoms with E-state index in [4.69, 9.17) is 0 Å². The molecule has 8 heteroatoms. The van der Waals surface area contributed by atoms with E-state index in [2.05, 4.69) is 33.8 Å². The molecule has 1 aliphatic heterocycles. The molecule has 1 unspecified atom stereocenters. The topological polar surface area (TPSA) is 71.8 Å². The molecular formula is C18H26ClN5OS. The van der Waals surface area contributed by atoms with E-state index in [-0.39, 0.29) is 18.3 Å². The largest absolute Gasteiger partial charge is 0.351 e. The van der Waals surface area contributed by atoms with Gasteiger partial charge in [-0.3, -0.25) is 4.79 Å². The van der Waals surface area contributed by atoms with E-state index in [1.807, 2.05) is 29.8 Å². The lowest BCUT2D eigenvalue weighted by molar-refractivity contribution is -0.118. The minimum Gasteiger partial charge on any atom is -0.351 e. The first-order valence-electron chi connectivity index (χ1n) is 8.69. The van der Waals surface area contributed by atoms with E-state index >= 15 is 0 Å². The van der Waals surface area contributed by atoms with Gasteiger partial charge in [0.25, 0.3) is 0 Å². The number of carbonyl (C=O) groups is 1. The Hall–Kier alpha value is -1.57. The summed E-state index contributed by atoms with van der Waals surface area (Å²) < 4.78 is 2.02. The Morgan fingerprint density at radius 3 is 2.92 bits per heavy atom. The van der Waals surface area contributed by atoms with Crippen LogP contribution in [0.2, 0.25) is 0 Å². The predicted octanol–water partition coefficient (Wildman–Crippen LogP) is 2.42. The maximum absolute atomic E-state index is 12.1. The Morgan fingerprint density at radius 1 is 1.38 bits per heavy atom. The van der Waals surface area contributed by atoms with Crippen LogP contribution in [0.25, 0.3) is 0 Å². The lowest BCUT2D eigenvalue weighted by Gasteiger charge is -2.21. The molecule has 142 valence electrons. The number of halogens is 1. The van der Waals surface area contributed by atoms with Crippen molar-refractivity contribution in [2.24, 2.45) is 7.05 Å². The minimum atomic E-state index is 0. The van der Waals surface area contributed by atoms with Crippen molar-refractivity contribution in [3.63, 3.8) is 0 Å². The van der Waals surface area contributed by atoms with Gasteiger partial charge in [-0.2, -0.15) is 0 Å². The molecule has 0 bridgehead atoms. The number of hydrogen-bond donors (Lipinski definition) is 2. The first-order chi connectivity index (χ1) is 12.1. The van der Waals surface area contributed by atoms with Gasteiger partial charge in [0, 0.05) is 26.1 Å². The quantitative estimate of drug-likeness (QED) is 0.735. The number of rotatable bonds is 6. The smallest absolute Gasteiger partial charge is 0.230 e. The Bertz CT molecular complexity index is 730. The van der Waals surface area contributed by atoms with Gasteiger partial charge in [0.2, 0.25) is 5.91 Å². The van der Waals surface area contributed by atoms with Crippen molar-refractivity contribution >= 4 is 30.1 Å². The van der Waals surface area contributed by atoms with Gasteiger partial charge in [-0.15, -0.1) is 22.6 Å². The van der Waals surface area contributed by atoms with Crippen LogP contribution < -0.4 is 10.6 Å². The third-order valence-corrected chi connectivity index (χ3v) is 5.62. The Balaban J connectivity index is 0.00000243. The molecule has 26 heavy (non-hydrogen) atoms. The van der Waals surface area contributed by atoms with Gasteiger partial charge < -0.3 is 15.2 Å². The summed E-state index contributed by atoms with van der Waals surface area (Å²) in [5.74, 6) is 1.78. The van der Waals surface area contributed by atoms with E-state index < -0.39 is 0 Å². The highest BCUT2D eigenvalue weighted by molar-refractivity contribution is 7.99. The number of nitrogens with zero attached hydrogens (tertiary/aromatic N) is 3. The highest BCUT2D eigenvalue weighted by Gasteiger charge is 2.22. The fourth-order valence-corrected chi connectivity index (χ4v) is 3.81. The van der Waals surface area contributed by atoms with Crippen LogP contribution in [0.15, 0.2) is 29.4 Å². The van der Waals surface area contributed by atoms with Crippen molar-refractivity contribution in [2.45, 2.75) is 37.4 Å². The zero-order chi connectivity index (χ0) is 17.6. The number of aromatic nitrogens is 3. The second-order valence-corrected chi connectivity index (χ2v) is 7.38. The van der Waals surface area contributed by atoms with Crippen molar-refractivity contribution in [3.05, 3.63) is 41.2 Å². The van der Waals surface area contributed by atoms with Gasteiger partial charge in [-0.1, -0.05) is 36.0 Å². The summed E-state index contributed by atoms with van der Waals surface area (Å²) in [6.45, 7) is 4.64. The van der Waals surface area contributed by atoms with Crippen LogP contribution in [0.5, 0.6) is 0 Å². The van der Waals surface area contributed by atoms with Gasteiger partial charge in [0.15, 0.2) is 5.16 Å². The molecule has 1 aliphatic rings. The summed E-state index contributed by atoms with van der Waals surface area (Å²) in [6, 6.07) is 8.09. The predicted molar refractivity (Wildman–Crippen MR) is 107 cm³/mol. The third-order valence-electron chi connectivity index (χ3n) is 4.60. The van der Waals surface area contributed by atoms with Crippen molar-refractivity contribution < 1.29 is 4.79 Å². The van der Waals surface area contributed by atoms with E-state index in [1.54, 1.807) is 0 Å². The third kappa shape index (κ3) is 5.22. The molecule has 0 radical (unpaired) electrons. The fraction of sp³-hybridized carbons (Fsp3) is 0.500. The number of aryl methyl sites for hydroxylation is 1. The SMILES string of the molecule is Cc1ccccc1CNC(=O)CSc1nnc(C2CCCNC2)n1C.Cl. The van der Waals surface area contributed by atoms with Crippen molar-refractivity contribution in [1.82, 2.24) is 25.4 Å². The van der Waals surface area contributed by atoms with Crippen molar-refractivity contribution in [1.29, 1.82) is 0 Å². The molecule has 1 aromatic carbocycles. The number of thioether (sulfide) groups is 1. The molecule has 1 aromatic heterocycles. The molecule has 0 saturated carbocycles. The molecule has 6 nitrogen and oxygen atoms in total. The summed E-state index contributed by atoms with van der Waals surface area (Å²) in [5, 5.41) is 15.8. The van der Waals surface area contributed by atoms with Crippen LogP contribution in [0.4, 0.5) is 0 Å². The number of carbonyl (C=O) groups excluding carboxylic acids is 1. The second kappa shape index (κ2) is 9.94. The van der Waals surface area contributed by atoms with Crippen LogP contribution in [0.1, 0.15) is 35.7 Å². The zero-order valence-electron chi connectivity index (χ0n) is 15.2. The molecule has 1 atom stereocenters. The first-order valence-corrected chi connectivity index (χ1v) is 9.67. The maximum Gasteiger partial charge on any atom is 0.230 e. The number of hydrogen-bond acceptors (Lipinski definition) is 5. The Kier molecular flexibility index (Phi) is 7.93. The van der Waals surface area contributed by atoms with Crippen LogP contribution in [0.3, 0.4) is 0 Å². The lowest BCUT2D eigenvalue weighted by Crippen LogP contribution is -2.29. The van der Waals surface area contributed by atoms with Gasteiger partial charge in [-0.05, 0) is 37.4 Å². The summed E-state index contributed by atoms with van der Waals surface area (Å²) in [6.07, 6.45) is 2.31. The molecule has 2 N–H and O–H groups in total. The standard InChI is InChI=1S/C18H25N5OS.ClH/c1-13-6-3-4-7-14(13)11-20-16(24)12-25-18-22-21-17(23(18)2)15-8-5-9-19-10-15;/h3-4,6-7,15,19H,5,8-12H2,1-2H3,(H,20,24);1H. The molecule has 0 spiro atoms. The van der Waals surface area contributed by atoms with Gasteiger partial charge in [0.1, 0.15) is 5.82 Å². The molecule has 2 heterocycles.